The van der Waals surface area contributed by atoms with E-state index in [1.165, 1.54) is 5.39 Å². The van der Waals surface area contributed by atoms with Crippen molar-refractivity contribution in [2.24, 2.45) is 0 Å². The van der Waals surface area contributed by atoms with Gasteiger partial charge in [0.25, 0.3) is 0 Å². The maximum Gasteiger partial charge on any atom is 0.215 e. The van der Waals surface area contributed by atoms with Gasteiger partial charge in [-0.05, 0) is 22.9 Å². The highest BCUT2D eigenvalue weighted by atomic mass is 16.5. The Labute approximate surface area is 164 Å². The first kappa shape index (κ1) is 16.6. The van der Waals surface area contributed by atoms with Gasteiger partial charge in [-0.3, -0.25) is 0 Å². The molecule has 0 atom stereocenters. The van der Waals surface area contributed by atoms with Gasteiger partial charge in [0, 0.05) is 16.7 Å². The Morgan fingerprint density at radius 1 is 0.679 bits per heavy atom. The number of fused-ring (bicyclic) bond motifs is 3. The fourth-order valence-electron chi connectivity index (χ4n) is 4.08. The average molecular weight is 364 g/mol. The fraction of sp³-hybridized carbons (Fsp3) is 0.0769. The molecule has 0 radical (unpaired) electrons. The Balaban J connectivity index is 1.82. The third kappa shape index (κ3) is 2.42. The molecule has 4 aromatic rings. The zero-order valence-electron chi connectivity index (χ0n) is 15.6. The van der Waals surface area contributed by atoms with Crippen molar-refractivity contribution >= 4 is 16.8 Å². The largest absolute Gasteiger partial charge is 0.496 e. The van der Waals surface area contributed by atoms with E-state index >= 15 is 0 Å². The normalized spacial score (nSPS) is 14.7. The molecule has 0 aromatic heterocycles. The summed E-state index contributed by atoms with van der Waals surface area (Å²) in [5.74, 6) is 1.63. The lowest BCUT2D eigenvalue weighted by Crippen LogP contribution is -2.39. The second-order valence-electron chi connectivity index (χ2n) is 6.93. The highest BCUT2D eigenvalue weighted by Crippen LogP contribution is 2.48. The van der Waals surface area contributed by atoms with E-state index in [0.29, 0.717) is 0 Å². The highest BCUT2D eigenvalue weighted by molar-refractivity contribution is 5.94. The van der Waals surface area contributed by atoms with Crippen molar-refractivity contribution in [2.75, 3.05) is 7.11 Å². The van der Waals surface area contributed by atoms with Crippen molar-refractivity contribution in [3.63, 3.8) is 0 Å². The molecule has 0 saturated heterocycles. The Morgan fingerprint density at radius 3 is 1.93 bits per heavy atom. The van der Waals surface area contributed by atoms with Crippen LogP contribution in [0.5, 0.6) is 5.75 Å². The smallest absolute Gasteiger partial charge is 0.215 e. The van der Waals surface area contributed by atoms with E-state index in [4.69, 9.17) is 9.47 Å². The summed E-state index contributed by atoms with van der Waals surface area (Å²) in [6.45, 7) is 0. The Kier molecular flexibility index (Phi) is 3.91. The standard InChI is InChI=1S/C26H20O2/c1-27-25-18-23-22-15-9-8-10-19(22)16-17-24(23)28-26(25,20-11-4-2-5-12-20)21-13-6-3-7-14-21/h2-18H,1H3. The minimum atomic E-state index is -0.827. The van der Waals surface area contributed by atoms with Gasteiger partial charge < -0.3 is 9.47 Å². The van der Waals surface area contributed by atoms with Crippen LogP contribution in [-0.2, 0) is 10.3 Å². The summed E-state index contributed by atoms with van der Waals surface area (Å²) in [6.07, 6.45) is 2.13. The lowest BCUT2D eigenvalue weighted by atomic mass is 9.81. The molecule has 0 aliphatic carbocycles. The van der Waals surface area contributed by atoms with E-state index in [1.807, 2.05) is 36.4 Å². The topological polar surface area (TPSA) is 18.5 Å². The quantitative estimate of drug-likeness (QED) is 0.433. The number of rotatable bonds is 3. The number of methoxy groups -OCH3 is 1. The molecular formula is C26H20O2. The summed E-state index contributed by atoms with van der Waals surface area (Å²) in [5.41, 5.74) is 2.30. The predicted molar refractivity (Wildman–Crippen MR) is 113 cm³/mol. The van der Waals surface area contributed by atoms with Crippen LogP contribution in [0.3, 0.4) is 0 Å². The van der Waals surface area contributed by atoms with Crippen molar-refractivity contribution in [1.29, 1.82) is 0 Å². The third-order valence-electron chi connectivity index (χ3n) is 5.40. The van der Waals surface area contributed by atoms with Gasteiger partial charge in [0.1, 0.15) is 11.5 Å². The molecular weight excluding hydrogens is 344 g/mol. The molecule has 136 valence electrons. The van der Waals surface area contributed by atoms with Crippen LogP contribution < -0.4 is 4.74 Å². The summed E-state index contributed by atoms with van der Waals surface area (Å²) in [5, 5.41) is 2.34. The maximum absolute atomic E-state index is 6.81. The Morgan fingerprint density at radius 2 is 1.29 bits per heavy atom. The van der Waals surface area contributed by atoms with Gasteiger partial charge in [-0.15, -0.1) is 0 Å². The van der Waals surface area contributed by atoms with Crippen molar-refractivity contribution in [2.45, 2.75) is 5.60 Å². The summed E-state index contributed by atoms with van der Waals surface area (Å²) in [4.78, 5) is 0. The van der Waals surface area contributed by atoms with Crippen LogP contribution in [0.2, 0.25) is 0 Å². The lowest BCUT2D eigenvalue weighted by molar-refractivity contribution is 0.0760. The SMILES string of the molecule is COC1=Cc2c(ccc3ccccc23)OC1(c1ccccc1)c1ccccc1. The van der Waals surface area contributed by atoms with E-state index in [0.717, 1.165) is 33.6 Å². The number of hydrogen-bond donors (Lipinski definition) is 0. The molecule has 1 aliphatic heterocycles. The van der Waals surface area contributed by atoms with Crippen LogP contribution in [0.4, 0.5) is 0 Å². The second kappa shape index (κ2) is 6.58. The zero-order chi connectivity index (χ0) is 19.0. The van der Waals surface area contributed by atoms with E-state index in [1.54, 1.807) is 7.11 Å². The van der Waals surface area contributed by atoms with Gasteiger partial charge in [-0.2, -0.15) is 0 Å². The Bertz CT molecular complexity index is 1120. The first-order chi connectivity index (χ1) is 13.8. The molecule has 0 fully saturated rings. The molecule has 28 heavy (non-hydrogen) atoms. The summed E-state index contributed by atoms with van der Waals surface area (Å²) < 4.78 is 12.8. The van der Waals surface area contributed by atoms with Crippen LogP contribution in [0.15, 0.2) is 103 Å². The van der Waals surface area contributed by atoms with Gasteiger partial charge in [0.15, 0.2) is 0 Å². The van der Waals surface area contributed by atoms with Gasteiger partial charge in [-0.1, -0.05) is 91.0 Å². The minimum absolute atomic E-state index is 0.772. The minimum Gasteiger partial charge on any atom is -0.496 e. The van der Waals surface area contributed by atoms with Crippen LogP contribution in [-0.4, -0.2) is 7.11 Å². The molecule has 0 spiro atoms. The fourth-order valence-corrected chi connectivity index (χ4v) is 4.08. The van der Waals surface area contributed by atoms with Crippen LogP contribution in [0.1, 0.15) is 16.7 Å². The molecule has 1 heterocycles. The first-order valence-electron chi connectivity index (χ1n) is 9.41. The second-order valence-corrected chi connectivity index (χ2v) is 6.93. The molecule has 0 unspecified atom stereocenters. The molecule has 2 nitrogen and oxygen atoms in total. The number of ether oxygens (including phenoxy) is 2. The summed E-state index contributed by atoms with van der Waals surface area (Å²) in [7, 11) is 1.71. The summed E-state index contributed by atoms with van der Waals surface area (Å²) in [6, 6.07) is 33.0. The molecule has 1 aliphatic rings. The van der Waals surface area contributed by atoms with Crippen molar-refractivity contribution in [3.8, 4) is 5.75 Å². The van der Waals surface area contributed by atoms with Gasteiger partial charge in [0.05, 0.1) is 7.11 Å². The van der Waals surface area contributed by atoms with Crippen LogP contribution >= 0.6 is 0 Å². The van der Waals surface area contributed by atoms with Gasteiger partial charge >= 0.3 is 0 Å². The van der Waals surface area contributed by atoms with Crippen LogP contribution in [0.25, 0.3) is 16.8 Å². The number of benzene rings is 4. The Hall–Kier alpha value is -3.52. The average Bonchev–Trinajstić information content (AvgIpc) is 2.79. The summed E-state index contributed by atoms with van der Waals surface area (Å²) >= 11 is 0. The predicted octanol–water partition coefficient (Wildman–Crippen LogP) is 6.16. The first-order valence-corrected chi connectivity index (χ1v) is 9.41. The van der Waals surface area contributed by atoms with Gasteiger partial charge in [0.2, 0.25) is 5.60 Å². The van der Waals surface area contributed by atoms with Gasteiger partial charge in [-0.25, -0.2) is 0 Å². The molecule has 0 amide bonds. The molecule has 0 saturated carbocycles. The molecule has 2 heteroatoms. The van der Waals surface area contributed by atoms with E-state index < -0.39 is 5.60 Å². The molecule has 4 aromatic carbocycles. The zero-order valence-corrected chi connectivity index (χ0v) is 15.6. The third-order valence-corrected chi connectivity index (χ3v) is 5.40. The monoisotopic (exact) mass is 364 g/mol. The molecule has 0 bridgehead atoms. The molecule has 0 N–H and O–H groups in total. The van der Waals surface area contributed by atoms with Crippen molar-refractivity contribution in [3.05, 3.63) is 120 Å². The van der Waals surface area contributed by atoms with Crippen molar-refractivity contribution in [1.82, 2.24) is 0 Å². The van der Waals surface area contributed by atoms with E-state index in [9.17, 15) is 0 Å². The van der Waals surface area contributed by atoms with E-state index in [-0.39, 0.29) is 0 Å². The number of hydrogen-bond acceptors (Lipinski definition) is 2. The maximum atomic E-state index is 6.81. The van der Waals surface area contributed by atoms with Crippen LogP contribution in [0, 0.1) is 0 Å². The highest BCUT2D eigenvalue weighted by Gasteiger charge is 2.45. The molecule has 5 rings (SSSR count). The van der Waals surface area contributed by atoms with E-state index in [2.05, 4.69) is 66.7 Å². The van der Waals surface area contributed by atoms with Crippen molar-refractivity contribution < 1.29 is 9.47 Å². The lowest BCUT2D eigenvalue weighted by Gasteiger charge is -2.39.